The molecule has 2 fully saturated rings. The molecule has 0 bridgehead atoms. The van der Waals surface area contributed by atoms with E-state index >= 15 is 0 Å². The van der Waals surface area contributed by atoms with Gasteiger partial charge < -0.3 is 9.88 Å². The maximum atomic E-state index is 12.7. The zero-order chi connectivity index (χ0) is 17.7. The number of anilines is 1. The third-order valence-electron chi connectivity index (χ3n) is 5.56. The molecule has 1 unspecified atom stereocenters. The minimum Gasteiger partial charge on any atom is -0.325 e. The smallest absolute Gasteiger partial charge is 0.237 e. The Morgan fingerprint density at radius 1 is 1.19 bits per heavy atom. The third kappa shape index (κ3) is 3.15. The van der Waals surface area contributed by atoms with Gasteiger partial charge in [-0.3, -0.25) is 4.79 Å². The number of carbonyl (C=O) groups excluding carboxylic acids is 1. The van der Waals surface area contributed by atoms with Crippen molar-refractivity contribution < 1.29 is 4.79 Å². The van der Waals surface area contributed by atoms with E-state index in [1.54, 1.807) is 0 Å². The van der Waals surface area contributed by atoms with Crippen LogP contribution < -0.4 is 5.32 Å². The molecule has 1 N–H and O–H groups in total. The van der Waals surface area contributed by atoms with Gasteiger partial charge in [-0.1, -0.05) is 17.8 Å². The van der Waals surface area contributed by atoms with Crippen LogP contribution in [0.1, 0.15) is 67.9 Å². The molecular formula is C20H24N4OS. The van der Waals surface area contributed by atoms with Crippen LogP contribution in [-0.2, 0) is 17.6 Å². The number of amides is 1. The summed E-state index contributed by atoms with van der Waals surface area (Å²) in [4.78, 5) is 12.7. The van der Waals surface area contributed by atoms with E-state index in [0.717, 1.165) is 29.5 Å². The molecule has 3 aliphatic rings. The van der Waals surface area contributed by atoms with E-state index in [-0.39, 0.29) is 11.2 Å². The first-order valence-corrected chi connectivity index (χ1v) is 10.6. The number of nitrogens with zero attached hydrogens (tertiary/aromatic N) is 3. The van der Waals surface area contributed by atoms with Gasteiger partial charge in [0.25, 0.3) is 0 Å². The Morgan fingerprint density at radius 3 is 2.77 bits per heavy atom. The van der Waals surface area contributed by atoms with E-state index in [1.807, 2.05) is 13.0 Å². The van der Waals surface area contributed by atoms with Gasteiger partial charge in [-0.15, -0.1) is 10.2 Å². The largest absolute Gasteiger partial charge is 0.325 e. The average Bonchev–Trinajstić information content (AvgIpc) is 3.56. The van der Waals surface area contributed by atoms with E-state index in [4.69, 9.17) is 0 Å². The fraction of sp³-hybridized carbons (Fsp3) is 0.550. The van der Waals surface area contributed by atoms with Crippen LogP contribution in [0.3, 0.4) is 0 Å². The second-order valence-electron chi connectivity index (χ2n) is 7.80. The van der Waals surface area contributed by atoms with Gasteiger partial charge in [0.05, 0.1) is 5.25 Å². The first kappa shape index (κ1) is 16.4. The molecule has 1 atom stereocenters. The molecule has 0 radical (unpaired) electrons. The minimum absolute atomic E-state index is 0.0336. The van der Waals surface area contributed by atoms with Gasteiger partial charge in [0, 0.05) is 17.6 Å². The predicted octanol–water partition coefficient (Wildman–Crippen LogP) is 4.10. The normalized spacial score (nSPS) is 20.0. The van der Waals surface area contributed by atoms with Crippen LogP contribution in [0.5, 0.6) is 0 Å². The van der Waals surface area contributed by atoms with Gasteiger partial charge in [0.15, 0.2) is 5.16 Å². The first-order chi connectivity index (χ1) is 12.7. The number of nitrogens with one attached hydrogen (secondary N) is 1. The Labute approximate surface area is 158 Å². The summed E-state index contributed by atoms with van der Waals surface area (Å²) in [5.41, 5.74) is 3.71. The van der Waals surface area contributed by atoms with Crippen LogP contribution in [0.4, 0.5) is 5.69 Å². The van der Waals surface area contributed by atoms with E-state index in [9.17, 15) is 4.79 Å². The lowest BCUT2D eigenvalue weighted by atomic mass is 10.1. The number of rotatable bonds is 6. The van der Waals surface area contributed by atoms with E-state index in [2.05, 4.69) is 32.2 Å². The number of aromatic nitrogens is 3. The molecule has 0 saturated heterocycles. The van der Waals surface area contributed by atoms with Crippen molar-refractivity contribution >= 4 is 23.4 Å². The second kappa shape index (κ2) is 6.41. The van der Waals surface area contributed by atoms with Crippen LogP contribution in [0, 0.1) is 0 Å². The van der Waals surface area contributed by atoms with Gasteiger partial charge in [0.1, 0.15) is 5.82 Å². The third-order valence-corrected chi connectivity index (χ3v) is 6.62. The molecular weight excluding hydrogens is 344 g/mol. The maximum absolute atomic E-state index is 12.7. The van der Waals surface area contributed by atoms with Crippen molar-refractivity contribution in [1.82, 2.24) is 14.8 Å². The number of aryl methyl sites for hydroxylation is 2. The number of carbonyl (C=O) groups is 1. The standard InChI is InChI=1S/C20H24N4OS/c1-12(19(25)21-16-8-7-13-3-2-4-15(13)11-16)26-20-23-22-18(14-5-6-14)24(20)17-9-10-17/h7-8,11-12,14,17H,2-6,9-10H2,1H3,(H,21,25). The monoisotopic (exact) mass is 368 g/mol. The Balaban J connectivity index is 1.28. The fourth-order valence-corrected chi connectivity index (χ4v) is 4.70. The summed E-state index contributed by atoms with van der Waals surface area (Å²) in [6.07, 6.45) is 8.38. The lowest BCUT2D eigenvalue weighted by molar-refractivity contribution is -0.115. The number of hydrogen-bond acceptors (Lipinski definition) is 4. The summed E-state index contributed by atoms with van der Waals surface area (Å²) in [5, 5.41) is 12.6. The summed E-state index contributed by atoms with van der Waals surface area (Å²) >= 11 is 1.53. The number of hydrogen-bond donors (Lipinski definition) is 1. The van der Waals surface area contributed by atoms with Crippen LogP contribution in [0.2, 0.25) is 0 Å². The highest BCUT2D eigenvalue weighted by Gasteiger charge is 2.37. The van der Waals surface area contributed by atoms with Crippen molar-refractivity contribution in [1.29, 1.82) is 0 Å². The number of fused-ring (bicyclic) bond motifs is 1. The second-order valence-corrected chi connectivity index (χ2v) is 9.11. The molecule has 2 aromatic rings. The highest BCUT2D eigenvalue weighted by atomic mass is 32.2. The molecule has 1 amide bonds. The quantitative estimate of drug-likeness (QED) is 0.780. The van der Waals surface area contributed by atoms with Crippen molar-refractivity contribution in [2.45, 2.75) is 74.2 Å². The Morgan fingerprint density at radius 2 is 2.00 bits per heavy atom. The van der Waals surface area contributed by atoms with Crippen molar-refractivity contribution in [3.63, 3.8) is 0 Å². The maximum Gasteiger partial charge on any atom is 0.237 e. The summed E-state index contributed by atoms with van der Waals surface area (Å²) in [6.45, 7) is 1.95. The van der Waals surface area contributed by atoms with Crippen molar-refractivity contribution in [3.05, 3.63) is 35.2 Å². The van der Waals surface area contributed by atoms with Gasteiger partial charge in [-0.2, -0.15) is 0 Å². The Hall–Kier alpha value is -1.82. The fourth-order valence-electron chi connectivity index (χ4n) is 3.77. The molecule has 1 heterocycles. The summed E-state index contributed by atoms with van der Waals surface area (Å²) < 4.78 is 2.31. The van der Waals surface area contributed by atoms with Crippen LogP contribution in [0.15, 0.2) is 23.4 Å². The highest BCUT2D eigenvalue weighted by Crippen LogP contribution is 2.46. The molecule has 0 aliphatic heterocycles. The highest BCUT2D eigenvalue weighted by molar-refractivity contribution is 8.00. The van der Waals surface area contributed by atoms with Crippen molar-refractivity contribution in [2.75, 3.05) is 5.32 Å². The minimum atomic E-state index is -0.197. The predicted molar refractivity (Wildman–Crippen MR) is 103 cm³/mol. The molecule has 6 heteroatoms. The van der Waals surface area contributed by atoms with E-state index < -0.39 is 0 Å². The molecule has 1 aromatic heterocycles. The first-order valence-electron chi connectivity index (χ1n) is 9.73. The zero-order valence-corrected chi connectivity index (χ0v) is 15.9. The van der Waals surface area contributed by atoms with Crippen molar-refractivity contribution in [3.8, 4) is 0 Å². The average molecular weight is 369 g/mol. The molecule has 5 nitrogen and oxygen atoms in total. The van der Waals surface area contributed by atoms with Gasteiger partial charge in [-0.05, 0) is 75.1 Å². The SMILES string of the molecule is CC(Sc1nnc(C2CC2)n1C1CC1)C(=O)Nc1ccc2c(c1)CCC2. The van der Waals surface area contributed by atoms with Crippen LogP contribution >= 0.6 is 11.8 Å². The van der Waals surface area contributed by atoms with Crippen LogP contribution in [-0.4, -0.2) is 25.9 Å². The van der Waals surface area contributed by atoms with Gasteiger partial charge >= 0.3 is 0 Å². The molecule has 26 heavy (non-hydrogen) atoms. The molecule has 3 aliphatic carbocycles. The molecule has 0 spiro atoms. The lowest BCUT2D eigenvalue weighted by Gasteiger charge is -2.14. The zero-order valence-electron chi connectivity index (χ0n) is 15.1. The molecule has 2 saturated carbocycles. The Bertz CT molecular complexity index is 853. The topological polar surface area (TPSA) is 59.8 Å². The lowest BCUT2D eigenvalue weighted by Crippen LogP contribution is -2.23. The summed E-state index contributed by atoms with van der Waals surface area (Å²) in [7, 11) is 0. The van der Waals surface area contributed by atoms with Gasteiger partial charge in [-0.25, -0.2) is 0 Å². The van der Waals surface area contributed by atoms with Crippen molar-refractivity contribution in [2.24, 2.45) is 0 Å². The van der Waals surface area contributed by atoms with Crippen LogP contribution in [0.25, 0.3) is 0 Å². The Kier molecular flexibility index (Phi) is 4.03. The summed E-state index contributed by atoms with van der Waals surface area (Å²) in [6, 6.07) is 6.86. The van der Waals surface area contributed by atoms with E-state index in [1.165, 1.54) is 55.0 Å². The van der Waals surface area contributed by atoms with Gasteiger partial charge in [0.2, 0.25) is 5.91 Å². The molecule has 1 aromatic carbocycles. The molecule has 5 rings (SSSR count). The summed E-state index contributed by atoms with van der Waals surface area (Å²) in [5.74, 6) is 1.76. The number of thioether (sulfide) groups is 1. The number of benzene rings is 1. The van der Waals surface area contributed by atoms with E-state index in [0.29, 0.717) is 12.0 Å². The molecule has 136 valence electrons.